The third kappa shape index (κ3) is 9.13. The number of amides is 2. The Hall–Kier alpha value is -6.54. The van der Waals surface area contributed by atoms with Crippen LogP contribution in [0.2, 0.25) is 0 Å². The van der Waals surface area contributed by atoms with Crippen LogP contribution in [0.4, 0.5) is 0 Å². The lowest BCUT2D eigenvalue weighted by Crippen LogP contribution is -2.39. The number of hydrogen-bond acceptors (Lipinski definition) is 4. The summed E-state index contributed by atoms with van der Waals surface area (Å²) >= 11 is 0. The van der Waals surface area contributed by atoms with E-state index >= 15 is 0 Å². The molecule has 8 heteroatoms. The van der Waals surface area contributed by atoms with E-state index in [-0.39, 0.29) is 23.9 Å². The number of carbonyl (C=O) groups is 2. The monoisotopic (exact) mass is 752 g/mol. The minimum atomic E-state index is -0.0300. The summed E-state index contributed by atoms with van der Waals surface area (Å²) in [4.78, 5) is 42.7. The molecule has 2 aliphatic rings. The lowest BCUT2D eigenvalue weighted by molar-refractivity contribution is -0.138. The highest BCUT2D eigenvalue weighted by Crippen LogP contribution is 2.35. The van der Waals surface area contributed by atoms with Gasteiger partial charge in [-0.3, -0.25) is 9.59 Å². The first-order valence-corrected chi connectivity index (χ1v) is 20.0. The Morgan fingerprint density at radius 2 is 1.00 bits per heavy atom. The Bertz CT molecular complexity index is 2340. The number of nitrogens with one attached hydrogen (secondary N) is 1. The Balaban J connectivity index is 0.000000165. The molecule has 0 radical (unpaired) electrons. The summed E-state index contributed by atoms with van der Waals surface area (Å²) < 4.78 is 2.24. The van der Waals surface area contributed by atoms with E-state index in [2.05, 4.69) is 93.5 Å². The second kappa shape index (κ2) is 17.9. The highest BCUT2D eigenvalue weighted by atomic mass is 16.2. The first kappa shape index (κ1) is 37.4. The van der Waals surface area contributed by atoms with Crippen molar-refractivity contribution in [3.63, 3.8) is 0 Å². The highest BCUT2D eigenvalue weighted by Gasteiger charge is 2.33. The van der Waals surface area contributed by atoms with Crippen LogP contribution in [0.1, 0.15) is 78.9 Å². The normalized spacial score (nSPS) is 16.9. The second-order valence-electron chi connectivity index (χ2n) is 14.8. The number of nitrogens with zero attached hydrogens (tertiary/aromatic N) is 5. The van der Waals surface area contributed by atoms with Gasteiger partial charge >= 0.3 is 0 Å². The fourth-order valence-corrected chi connectivity index (χ4v) is 7.97. The number of likely N-dealkylation sites (tertiary alicyclic amines) is 2. The summed E-state index contributed by atoms with van der Waals surface area (Å²) in [6.45, 7) is 1.98. The van der Waals surface area contributed by atoms with Crippen molar-refractivity contribution in [2.45, 2.75) is 70.2 Å². The zero-order valence-electron chi connectivity index (χ0n) is 32.2. The molecule has 2 unspecified atom stereocenters. The molecule has 4 heterocycles. The number of benzene rings is 5. The van der Waals surface area contributed by atoms with Crippen molar-refractivity contribution < 1.29 is 9.59 Å². The summed E-state index contributed by atoms with van der Waals surface area (Å²) in [7, 11) is 0. The number of imidazole rings is 2. The molecule has 1 N–H and O–H groups in total. The van der Waals surface area contributed by atoms with E-state index < -0.39 is 0 Å². The van der Waals surface area contributed by atoms with Crippen LogP contribution in [0.3, 0.4) is 0 Å². The maximum atomic E-state index is 13.0. The van der Waals surface area contributed by atoms with Gasteiger partial charge in [0.25, 0.3) is 0 Å². The van der Waals surface area contributed by atoms with Gasteiger partial charge < -0.3 is 19.4 Å². The minimum absolute atomic E-state index is 0.0129. The largest absolute Gasteiger partial charge is 0.340 e. The molecule has 57 heavy (non-hydrogen) atoms. The minimum Gasteiger partial charge on any atom is -0.340 e. The molecule has 9 rings (SSSR count). The van der Waals surface area contributed by atoms with Crippen molar-refractivity contribution in [1.29, 1.82) is 0 Å². The number of piperidine rings is 2. The van der Waals surface area contributed by atoms with E-state index in [0.717, 1.165) is 77.5 Å². The van der Waals surface area contributed by atoms with E-state index in [1.165, 1.54) is 5.56 Å². The summed E-state index contributed by atoms with van der Waals surface area (Å²) in [5, 5.41) is 0. The number of hydrogen-bond donors (Lipinski definition) is 1. The van der Waals surface area contributed by atoms with E-state index in [4.69, 9.17) is 4.98 Å². The van der Waals surface area contributed by atoms with Gasteiger partial charge in [0, 0.05) is 44.2 Å². The van der Waals surface area contributed by atoms with Gasteiger partial charge in [-0.05, 0) is 47.9 Å². The second-order valence-corrected chi connectivity index (χ2v) is 14.8. The van der Waals surface area contributed by atoms with Crippen molar-refractivity contribution in [3.05, 3.63) is 192 Å². The molecule has 5 aromatic carbocycles. The smallest absolute Gasteiger partial charge is 0.223 e. The van der Waals surface area contributed by atoms with Crippen LogP contribution < -0.4 is 0 Å². The lowest BCUT2D eigenvalue weighted by atomic mass is 9.99. The molecule has 8 nitrogen and oxygen atoms in total. The first-order valence-electron chi connectivity index (χ1n) is 20.0. The fraction of sp³-hybridized carbons (Fsp3) is 0.224. The molecule has 0 saturated carbocycles. The van der Waals surface area contributed by atoms with Crippen LogP contribution in [-0.4, -0.2) is 41.1 Å². The average Bonchev–Trinajstić information content (AvgIpc) is 3.93. The van der Waals surface area contributed by atoms with Crippen LogP contribution in [0, 0.1) is 0 Å². The summed E-state index contributed by atoms with van der Waals surface area (Å²) in [5.74, 6) is 2.26. The Morgan fingerprint density at radius 1 is 0.544 bits per heavy atom. The topological polar surface area (TPSA) is 87.1 Å². The molecule has 7 aromatic rings. The maximum absolute atomic E-state index is 13.0. The van der Waals surface area contributed by atoms with Crippen molar-refractivity contribution in [2.75, 3.05) is 0 Å². The van der Waals surface area contributed by atoms with Crippen LogP contribution >= 0.6 is 0 Å². The van der Waals surface area contributed by atoms with E-state index in [0.29, 0.717) is 25.9 Å². The van der Waals surface area contributed by atoms with Crippen molar-refractivity contribution in [3.8, 4) is 22.5 Å². The van der Waals surface area contributed by atoms with E-state index in [1.54, 1.807) is 0 Å². The van der Waals surface area contributed by atoms with Gasteiger partial charge in [0.15, 0.2) is 0 Å². The van der Waals surface area contributed by atoms with Crippen LogP contribution in [0.15, 0.2) is 164 Å². The first-order chi connectivity index (χ1) is 28.1. The summed E-state index contributed by atoms with van der Waals surface area (Å²) in [6.07, 6.45) is 8.91. The third-order valence-electron chi connectivity index (χ3n) is 10.9. The van der Waals surface area contributed by atoms with Gasteiger partial charge in [0.05, 0.1) is 29.7 Å². The fourth-order valence-electron chi connectivity index (χ4n) is 7.97. The van der Waals surface area contributed by atoms with Crippen LogP contribution in [0.25, 0.3) is 22.5 Å². The predicted molar refractivity (Wildman–Crippen MR) is 224 cm³/mol. The molecule has 2 fully saturated rings. The number of carbonyl (C=O) groups excluding carboxylic acids is 2. The molecule has 0 bridgehead atoms. The summed E-state index contributed by atoms with van der Waals surface area (Å²) in [5.41, 5.74) is 7.68. The molecule has 2 aromatic heterocycles. The number of rotatable bonds is 10. The lowest BCUT2D eigenvalue weighted by Gasteiger charge is -2.35. The van der Waals surface area contributed by atoms with E-state index in [1.807, 2.05) is 94.9 Å². The van der Waals surface area contributed by atoms with Crippen LogP contribution in [-0.2, 0) is 29.2 Å². The van der Waals surface area contributed by atoms with Crippen molar-refractivity contribution in [1.82, 2.24) is 29.3 Å². The van der Waals surface area contributed by atoms with Gasteiger partial charge in [0.1, 0.15) is 11.6 Å². The average molecular weight is 753 g/mol. The molecular weight excluding hydrogens is 705 g/mol. The molecule has 286 valence electrons. The van der Waals surface area contributed by atoms with Crippen LogP contribution in [0.5, 0.6) is 0 Å². The van der Waals surface area contributed by atoms with Gasteiger partial charge in [-0.15, -0.1) is 0 Å². The predicted octanol–water partition coefficient (Wildman–Crippen LogP) is 10.2. The van der Waals surface area contributed by atoms with Crippen molar-refractivity contribution >= 4 is 11.8 Å². The van der Waals surface area contributed by atoms with Gasteiger partial charge in [-0.1, -0.05) is 152 Å². The zero-order valence-corrected chi connectivity index (χ0v) is 32.2. The zero-order chi connectivity index (χ0) is 38.8. The highest BCUT2D eigenvalue weighted by molar-refractivity contribution is 5.78. The van der Waals surface area contributed by atoms with Crippen molar-refractivity contribution in [2.24, 2.45) is 0 Å². The van der Waals surface area contributed by atoms with Gasteiger partial charge in [0.2, 0.25) is 11.8 Å². The Kier molecular flexibility index (Phi) is 11.8. The molecule has 2 saturated heterocycles. The molecule has 0 spiro atoms. The molecule has 2 atom stereocenters. The molecular formula is C49H48N6O2. The Morgan fingerprint density at radius 3 is 1.54 bits per heavy atom. The molecule has 2 aliphatic heterocycles. The number of aromatic nitrogens is 4. The maximum Gasteiger partial charge on any atom is 0.223 e. The van der Waals surface area contributed by atoms with Gasteiger partial charge in [-0.2, -0.15) is 0 Å². The quantitative estimate of drug-likeness (QED) is 0.151. The third-order valence-corrected chi connectivity index (χ3v) is 10.9. The van der Waals surface area contributed by atoms with Gasteiger partial charge in [-0.25, -0.2) is 9.97 Å². The Labute approximate surface area is 334 Å². The van der Waals surface area contributed by atoms with E-state index in [9.17, 15) is 9.59 Å². The molecule has 0 aliphatic carbocycles. The summed E-state index contributed by atoms with van der Waals surface area (Å²) in [6, 6.07) is 51.3. The number of H-pyrrole nitrogens is 1. The standard InChI is InChI=1S/C28H27N3O.C21H21N3O/c32-27-18-10-17-26(31(27)20-23-13-6-2-7-14-23)28-29-25(24-15-8-3-9-16-24)21-30(28)19-22-11-4-1-5-12-22;25-20-13-7-12-19(24(20)15-16-8-3-1-4-9-16)21-22-14-18(23-21)17-10-5-2-6-11-17/h1-9,11-16,21,26H,10,17-20H2;1-6,8-11,14,19H,7,12-13,15H2,(H,22,23). The number of aromatic amines is 1. The SMILES string of the molecule is O=C1CCCC(c2nc(-c3ccccc3)cn2Cc2ccccc2)N1Cc1ccccc1.O=C1CCCC(c2ncc(-c3ccccc3)[nH]2)N1Cc1ccccc1. The molecule has 2 amide bonds.